The number of fused-ring (bicyclic) bond motifs is 7. The van der Waals surface area contributed by atoms with Gasteiger partial charge in [-0.25, -0.2) is 4.79 Å². The summed E-state index contributed by atoms with van der Waals surface area (Å²) in [5.74, 6) is -7.32. The maximum atomic E-state index is 16.9. The Morgan fingerprint density at radius 1 is 0.497 bits per heavy atom. The zero-order valence-corrected chi connectivity index (χ0v) is 85.6. The van der Waals surface area contributed by atoms with Crippen LogP contribution in [-0.4, -0.2) is 491 Å². The van der Waals surface area contributed by atoms with Gasteiger partial charge in [0.15, 0.2) is 62.5 Å². The molecule has 51 heteroatoms. The minimum absolute atomic E-state index is 0.00329. The van der Waals surface area contributed by atoms with Crippen LogP contribution < -0.4 is 10.6 Å². The van der Waals surface area contributed by atoms with Crippen LogP contribution in [-0.2, 0) is 109 Å². The van der Waals surface area contributed by atoms with E-state index in [1.807, 2.05) is 34.6 Å². The number of ether oxygens (including phenoxy) is 18. The summed E-state index contributed by atoms with van der Waals surface area (Å²) >= 11 is 0. The van der Waals surface area contributed by atoms with E-state index in [-0.39, 0.29) is 76.0 Å². The summed E-state index contributed by atoms with van der Waals surface area (Å²) < 4.78 is 111. The first-order chi connectivity index (χ1) is 70.0. The molecule has 0 aromatic rings. The topological polar surface area (TPSA) is 802 Å². The number of nitrogens with one attached hydrogen (secondary N) is 2. The summed E-state index contributed by atoms with van der Waals surface area (Å²) in [5, 5.41) is 298. The van der Waals surface area contributed by atoms with Gasteiger partial charge in [-0.3, -0.25) is 14.4 Å². The van der Waals surface area contributed by atoms with Crippen molar-refractivity contribution in [3.05, 3.63) is 11.6 Å². The number of hydrogen-bond acceptors (Lipinski definition) is 48. The van der Waals surface area contributed by atoms with Crippen molar-refractivity contribution in [2.45, 2.75) is 461 Å². The van der Waals surface area contributed by atoms with Crippen molar-refractivity contribution < 1.29 is 242 Å². The number of carboxylic acids is 1. The lowest BCUT2D eigenvalue weighted by Crippen LogP contribution is -2.71. The summed E-state index contributed by atoms with van der Waals surface area (Å²) in [6, 6.07) is -2.80. The van der Waals surface area contributed by atoms with Gasteiger partial charge in [0.05, 0.1) is 113 Å². The van der Waals surface area contributed by atoms with Crippen LogP contribution in [0.2, 0.25) is 0 Å². The van der Waals surface area contributed by atoms with E-state index in [1.54, 1.807) is 27.7 Å². The second kappa shape index (κ2) is 48.0. The third-order valence-electron chi connectivity index (χ3n) is 35.7. The van der Waals surface area contributed by atoms with Gasteiger partial charge in [-0.05, 0) is 129 Å². The molecule has 856 valence electrons. The van der Waals surface area contributed by atoms with Gasteiger partial charge in [0, 0.05) is 12.5 Å². The Balaban J connectivity index is 0.765. The highest BCUT2D eigenvalue weighted by Gasteiger charge is 2.74. The third-order valence-corrected chi connectivity index (χ3v) is 35.7. The Labute approximate surface area is 860 Å². The Kier molecular flexibility index (Phi) is 38.7. The number of carbonyl (C=O) groups is 5. The van der Waals surface area contributed by atoms with Crippen LogP contribution in [0.5, 0.6) is 0 Å². The molecular formula is C98H160N2O49. The van der Waals surface area contributed by atoms with Crippen molar-refractivity contribution in [3.63, 3.8) is 0 Å². The van der Waals surface area contributed by atoms with Crippen LogP contribution >= 0.6 is 0 Å². The highest BCUT2D eigenvalue weighted by Crippen LogP contribution is 2.76. The minimum atomic E-state index is -2.34. The van der Waals surface area contributed by atoms with Gasteiger partial charge in [-0.1, -0.05) is 93.7 Å². The average molecular weight is 2150 g/mol. The zero-order chi connectivity index (χ0) is 109. The molecule has 2 amide bonds. The molecule has 14 aliphatic rings. The maximum absolute atomic E-state index is 16.9. The summed E-state index contributed by atoms with van der Waals surface area (Å²) in [6.45, 7) is 16.0. The van der Waals surface area contributed by atoms with Crippen molar-refractivity contribution in [1.29, 1.82) is 0 Å². The molecule has 28 N–H and O–H groups in total. The van der Waals surface area contributed by atoms with Gasteiger partial charge >= 0.3 is 11.9 Å². The van der Waals surface area contributed by atoms with Gasteiger partial charge in [-0.15, -0.1) is 0 Å². The predicted molar refractivity (Wildman–Crippen MR) is 495 cm³/mol. The van der Waals surface area contributed by atoms with E-state index in [0.29, 0.717) is 19.3 Å². The van der Waals surface area contributed by atoms with Gasteiger partial charge in [0.1, 0.15) is 170 Å². The van der Waals surface area contributed by atoms with E-state index >= 15 is 9.59 Å². The molecule has 9 aliphatic heterocycles. The van der Waals surface area contributed by atoms with Crippen LogP contribution in [0.4, 0.5) is 0 Å². The molecule has 4 saturated carbocycles. The molecule has 0 radical (unpaired) electrons. The highest BCUT2D eigenvalue weighted by atomic mass is 16.8. The Morgan fingerprint density at radius 2 is 1.03 bits per heavy atom. The number of hydrogen-bond donors (Lipinski definition) is 28. The number of carboxylic acid groups (broad SMARTS) is 1. The number of aldehydes is 1. The molecule has 0 aromatic heterocycles. The van der Waals surface area contributed by atoms with E-state index in [1.165, 1.54) is 13.8 Å². The molecule has 9 heterocycles. The first-order valence-electron chi connectivity index (χ1n) is 52.0. The Hall–Kier alpha value is -4.39. The third kappa shape index (κ3) is 23.4. The summed E-state index contributed by atoms with van der Waals surface area (Å²) in [7, 11) is 0. The molecule has 0 bridgehead atoms. The first kappa shape index (κ1) is 120. The lowest BCUT2D eigenvalue weighted by molar-refractivity contribution is -0.391. The van der Waals surface area contributed by atoms with Crippen molar-refractivity contribution in [2.24, 2.45) is 62.1 Å². The molecule has 9 saturated heterocycles. The molecule has 13 fully saturated rings. The van der Waals surface area contributed by atoms with Crippen molar-refractivity contribution in [2.75, 3.05) is 46.2 Å². The Bertz CT molecular complexity index is 4460. The zero-order valence-electron chi connectivity index (χ0n) is 85.6. The highest BCUT2D eigenvalue weighted by molar-refractivity contribution is 5.80. The summed E-state index contributed by atoms with van der Waals surface area (Å²) in [6.07, 6.45) is -76.3. The second-order valence-electron chi connectivity index (χ2n) is 45.7. The quantitative estimate of drug-likeness (QED) is 0.0118. The fraction of sp³-hybridized carbons (Fsp3) is 0.929. The summed E-state index contributed by atoms with van der Waals surface area (Å²) in [5.41, 5.74) is -8.35. The number of aliphatic carboxylic acids is 1. The number of esters is 1. The van der Waals surface area contributed by atoms with Gasteiger partial charge in [0.25, 0.3) is 0 Å². The normalized spacial score (nSPS) is 49.1. The van der Waals surface area contributed by atoms with Crippen LogP contribution in [0.1, 0.15) is 179 Å². The molecule has 56 atom stereocenters. The molecular weight excluding hydrogens is 1990 g/mol. The molecule has 0 aromatic carbocycles. The molecule has 5 aliphatic carbocycles. The van der Waals surface area contributed by atoms with E-state index in [2.05, 4.69) is 23.6 Å². The van der Waals surface area contributed by atoms with E-state index in [0.717, 1.165) is 11.9 Å². The number of aliphatic hydroxyl groups excluding tert-OH is 24. The molecule has 14 rings (SSSR count). The number of carbonyl (C=O) groups excluding carboxylic acids is 4. The Morgan fingerprint density at radius 3 is 1.65 bits per heavy atom. The monoisotopic (exact) mass is 2150 g/mol. The fourth-order valence-electron chi connectivity index (χ4n) is 25.9. The van der Waals surface area contributed by atoms with Crippen LogP contribution in [0.15, 0.2) is 11.6 Å². The molecule has 0 spiro atoms. The van der Waals surface area contributed by atoms with Gasteiger partial charge in [-0.2, -0.15) is 0 Å². The van der Waals surface area contributed by atoms with E-state index < -0.39 is 415 Å². The maximum Gasteiger partial charge on any atom is 0.335 e. The largest absolute Gasteiger partial charge is 0.479 e. The lowest BCUT2D eigenvalue weighted by atomic mass is 9.33. The molecule has 149 heavy (non-hydrogen) atoms. The SMILES string of the molecule is CC[C@H](C)C(C[C@H](O)CC(=O)N[C@H](C[C@@H](O)CC(=O)N[C@@H]1[C@H](O[C@H]2O[C@@H](C)[C@H](O)[C@@H](O)[C@H]2O)[C@@H](O[C@H]2O[C@@H](C)[C@H](O[C@@H]3OC[C@@H](O)[C@H](O[C@@H]4OC[C@](O)(CO)[C@H]4O)[C@H]3O)[C@@H](O)[C@H]2O)[C@H](OC(=O)[C@]23CCC(C)(C)CC2C2=CCC4[C@@]5(C)CC[C@H](O[C@@H]6O[C@H](C(=O)O)[C@@H](O)[C@H](O[C@@H]7OC[C@@H](O)[C@H](O)[C@H]7O)[C@H]6O[C@@H]6O[C@H](CO)[C@H](O)[C@H](O)[C@H]6O)[C@@](C)(C=O)C5CC[C@@]4(C)[C@]2(C)C[C@H]3O)O[C@@H]1CO)[C@@H](C)CC)O[C@H]1O[C@@H](CO)[C@H](O)[C@H]1O. The van der Waals surface area contributed by atoms with Crippen LogP contribution in [0.3, 0.4) is 0 Å². The molecule has 4 unspecified atom stereocenters. The van der Waals surface area contributed by atoms with Crippen LogP contribution in [0.25, 0.3) is 0 Å². The fourth-order valence-corrected chi connectivity index (χ4v) is 25.9. The van der Waals surface area contributed by atoms with E-state index in [9.17, 15) is 147 Å². The minimum Gasteiger partial charge on any atom is -0.479 e. The van der Waals surface area contributed by atoms with Crippen LogP contribution in [0, 0.1) is 62.1 Å². The predicted octanol–water partition coefficient (Wildman–Crippen LogP) is -8.72. The standard InChI is InChI=1S/C98H160N2O49/c1-13-37(3)45(99-56(111)26-42(107)24-48(38(4)14-2)137-86-67(121)62(116)51(31-103)139-86)23-41(106)25-57(112)100-58-49(29-101)138-88(78(75(58)144-84-68(122)63(117)59(113)39(5)135-84)147-85-70(124)65(119)73(40(6)136-85)142-83-72(126)74(47(109)33-133-83)143-90-80(127)97(131,35-105)36-134-90)149-91(130)98-22-21-92(7,8)27-44(98)43-15-16-53-93(9)19-18-55(94(10,34-104)52(93)17-20-95(53,11)96(43,12)28-54(98)110)141-89-79(148-87-69(123)64(118)61(115)50(30-102)140-87)76(71(125)77(146-89)81(128)129)145-82-66(120)60(114)46(108)32-132-82/h15,34,37-42,44-55,58-80,82-90,101-103,105-110,113-127,131H,13-14,16-33,35-36H2,1-12H3,(H,99,111)(H,100,112)(H,128,129)/t37-,38-,39-,40-,41+,42-,44?,45+,46+,47+,48?,49+,50+,51-,52?,53?,54+,55-,58-,59-,60-,61-,62-,63+,64-,65-,66+,67+,68+,69+,70+,71-,72+,73-,74-,75-,76-,77-,78+,79+,80-,82-,83-,84+,85+,86-,87-,88-,89+,90-,93-,94-,95+,96+,97+,98+/m0/s1. The number of allylic oxidation sites excluding steroid dienone is 2. The van der Waals surface area contributed by atoms with Crippen molar-refractivity contribution >= 4 is 30.0 Å². The molecule has 51 nitrogen and oxygen atoms in total. The van der Waals surface area contributed by atoms with E-state index in [4.69, 9.17) is 85.3 Å². The first-order valence-corrected chi connectivity index (χ1v) is 52.0. The van der Waals surface area contributed by atoms with Crippen molar-refractivity contribution in [1.82, 2.24) is 10.6 Å². The smallest absolute Gasteiger partial charge is 0.335 e. The average Bonchev–Trinajstić information content (AvgIpc) is 0.949. The number of rotatable bonds is 38. The summed E-state index contributed by atoms with van der Waals surface area (Å²) in [4.78, 5) is 73.9. The lowest BCUT2D eigenvalue weighted by Gasteiger charge is -2.71. The van der Waals surface area contributed by atoms with Gasteiger partial charge < -0.3 is 233 Å². The van der Waals surface area contributed by atoms with Gasteiger partial charge in [0.2, 0.25) is 18.1 Å². The van der Waals surface area contributed by atoms with Crippen molar-refractivity contribution in [3.8, 4) is 0 Å². The number of aliphatic hydroxyl groups is 25. The number of amides is 2. The second-order valence-corrected chi connectivity index (χ2v) is 45.7.